The highest BCUT2D eigenvalue weighted by atomic mass is 19.1. The molecule has 4 atom stereocenters. The summed E-state index contributed by atoms with van der Waals surface area (Å²) in [5.74, 6) is 0.361. The van der Waals surface area contributed by atoms with Gasteiger partial charge in [0.15, 0.2) is 0 Å². The van der Waals surface area contributed by atoms with Gasteiger partial charge in [-0.2, -0.15) is 0 Å². The average molecular weight is 224 g/mol. The van der Waals surface area contributed by atoms with Gasteiger partial charge < -0.3 is 4.74 Å². The van der Waals surface area contributed by atoms with Crippen molar-refractivity contribution in [3.63, 3.8) is 0 Å². The summed E-state index contributed by atoms with van der Waals surface area (Å²) >= 11 is 0. The lowest BCUT2D eigenvalue weighted by Gasteiger charge is -2.13. The molecule has 0 N–H and O–H groups in total. The molecule has 2 aliphatic rings. The second-order valence-corrected chi connectivity index (χ2v) is 4.87. The molecular weight excluding hydrogens is 210 g/mol. The molecule has 0 aromatic heterocycles. The highest BCUT2D eigenvalue weighted by Gasteiger charge is 2.59. The van der Waals surface area contributed by atoms with Gasteiger partial charge in [0.25, 0.3) is 0 Å². The Morgan fingerprint density at radius 2 is 1.94 bits per heavy atom. The van der Waals surface area contributed by atoms with Gasteiger partial charge in [-0.25, -0.2) is 8.78 Å². The van der Waals surface area contributed by atoms with Crippen molar-refractivity contribution in [1.82, 2.24) is 0 Å². The smallest absolute Gasteiger partial charge is 0.127 e. The Labute approximate surface area is 93.4 Å². The van der Waals surface area contributed by atoms with Crippen LogP contribution in [-0.2, 0) is 4.74 Å². The lowest BCUT2D eigenvalue weighted by molar-refractivity contribution is 0.0883. The number of halogens is 2. The molecule has 1 saturated carbocycles. The van der Waals surface area contributed by atoms with Crippen LogP contribution in [0.3, 0.4) is 0 Å². The van der Waals surface area contributed by atoms with Gasteiger partial charge in [-0.3, -0.25) is 0 Å². The van der Waals surface area contributed by atoms with Crippen LogP contribution in [0.5, 0.6) is 0 Å². The monoisotopic (exact) mass is 224 g/mol. The second kappa shape index (κ2) is 3.27. The summed E-state index contributed by atoms with van der Waals surface area (Å²) in [4.78, 5) is 0. The molecule has 16 heavy (non-hydrogen) atoms. The third-order valence-corrected chi connectivity index (χ3v) is 4.05. The van der Waals surface area contributed by atoms with Gasteiger partial charge >= 0.3 is 0 Å². The van der Waals surface area contributed by atoms with E-state index in [1.165, 1.54) is 12.1 Å². The van der Waals surface area contributed by atoms with Crippen molar-refractivity contribution in [1.29, 1.82) is 0 Å². The van der Waals surface area contributed by atoms with E-state index in [1.807, 2.05) is 6.92 Å². The van der Waals surface area contributed by atoms with Gasteiger partial charge in [-0.05, 0) is 54.9 Å². The predicted octanol–water partition coefficient (Wildman–Crippen LogP) is 3.02. The topological polar surface area (TPSA) is 9.23 Å². The summed E-state index contributed by atoms with van der Waals surface area (Å²) in [5, 5.41) is 0. The summed E-state index contributed by atoms with van der Waals surface area (Å²) in [5.41, 5.74) is 1.04. The van der Waals surface area contributed by atoms with Crippen LogP contribution in [0, 0.1) is 30.4 Å². The predicted molar refractivity (Wildman–Crippen MR) is 56.2 cm³/mol. The molecule has 1 aromatic rings. The Morgan fingerprint density at radius 1 is 1.25 bits per heavy atom. The molecule has 3 heteroatoms. The fourth-order valence-electron chi connectivity index (χ4n) is 3.11. The highest BCUT2D eigenvalue weighted by molar-refractivity contribution is 5.38. The molecule has 1 aliphatic carbocycles. The van der Waals surface area contributed by atoms with Gasteiger partial charge in [0.05, 0.1) is 12.7 Å². The number of benzene rings is 1. The number of hydrogen-bond acceptors (Lipinski definition) is 1. The molecule has 1 aliphatic heterocycles. The first kappa shape index (κ1) is 10.2. The Hall–Kier alpha value is -0.960. The van der Waals surface area contributed by atoms with Crippen molar-refractivity contribution in [3.8, 4) is 0 Å². The molecule has 86 valence electrons. The Kier molecular flexibility index (Phi) is 2.08. The van der Waals surface area contributed by atoms with Crippen LogP contribution in [0.15, 0.2) is 12.1 Å². The van der Waals surface area contributed by atoms with E-state index in [4.69, 9.17) is 4.74 Å². The minimum atomic E-state index is -0.310. The molecule has 2 fully saturated rings. The zero-order valence-corrected chi connectivity index (χ0v) is 9.34. The highest BCUT2D eigenvalue weighted by Crippen LogP contribution is 2.61. The first-order valence-corrected chi connectivity index (χ1v) is 5.67. The summed E-state index contributed by atoms with van der Waals surface area (Å²) in [6.07, 6.45) is 0.178. The fourth-order valence-corrected chi connectivity index (χ4v) is 3.11. The molecule has 0 radical (unpaired) electrons. The van der Waals surface area contributed by atoms with E-state index in [2.05, 4.69) is 0 Å². The van der Waals surface area contributed by atoms with E-state index >= 15 is 0 Å². The summed E-state index contributed by atoms with van der Waals surface area (Å²) in [6.45, 7) is 4.36. The lowest BCUT2D eigenvalue weighted by Crippen LogP contribution is -2.10. The van der Waals surface area contributed by atoms with Crippen LogP contribution in [-0.4, -0.2) is 12.7 Å². The van der Waals surface area contributed by atoms with Crippen LogP contribution in [0.1, 0.15) is 24.0 Å². The maximum absolute atomic E-state index is 13.7. The molecule has 0 spiro atoms. The average Bonchev–Trinajstić information content (AvgIpc) is 2.83. The Balaban J connectivity index is 2.00. The molecule has 0 unspecified atom stereocenters. The van der Waals surface area contributed by atoms with Crippen LogP contribution in [0.4, 0.5) is 8.78 Å². The number of ether oxygens (including phenoxy) is 1. The quantitative estimate of drug-likeness (QED) is 0.712. The van der Waals surface area contributed by atoms with Crippen molar-refractivity contribution in [2.24, 2.45) is 11.8 Å². The van der Waals surface area contributed by atoms with E-state index in [-0.39, 0.29) is 23.7 Å². The second-order valence-electron chi connectivity index (χ2n) is 4.87. The van der Waals surface area contributed by atoms with Gasteiger partial charge in [-0.15, -0.1) is 0 Å². The van der Waals surface area contributed by atoms with Crippen LogP contribution < -0.4 is 0 Å². The van der Waals surface area contributed by atoms with Crippen molar-refractivity contribution >= 4 is 0 Å². The van der Waals surface area contributed by atoms with Crippen molar-refractivity contribution in [2.75, 3.05) is 6.61 Å². The SMILES string of the molecule is Cc1c(F)ccc(F)c1[C@H]1[C@H]2CO[C@H](C)[C@@H]21. The minimum Gasteiger partial charge on any atom is -0.378 e. The maximum Gasteiger partial charge on any atom is 0.127 e. The van der Waals surface area contributed by atoms with E-state index in [9.17, 15) is 8.78 Å². The zero-order chi connectivity index (χ0) is 11.4. The first-order valence-electron chi connectivity index (χ1n) is 5.67. The lowest BCUT2D eigenvalue weighted by atomic mass is 10.00. The standard InChI is InChI=1S/C13H14F2O/c1-6-9(14)3-4-10(15)11(6)13-8-5-16-7(2)12(8)13/h3-4,7-8,12-13H,5H2,1-2H3/t7-,8+,12+,13-/m1/s1. The van der Waals surface area contributed by atoms with E-state index in [0.717, 1.165) is 0 Å². The van der Waals surface area contributed by atoms with Crippen molar-refractivity contribution in [3.05, 3.63) is 34.9 Å². The fraction of sp³-hybridized carbons (Fsp3) is 0.538. The summed E-state index contributed by atoms with van der Waals surface area (Å²) in [7, 11) is 0. The third-order valence-electron chi connectivity index (χ3n) is 4.05. The number of fused-ring (bicyclic) bond motifs is 1. The molecule has 3 rings (SSSR count). The Morgan fingerprint density at radius 3 is 2.56 bits per heavy atom. The van der Waals surface area contributed by atoms with Crippen molar-refractivity contribution < 1.29 is 13.5 Å². The van der Waals surface area contributed by atoms with Gasteiger partial charge in [-0.1, -0.05) is 0 Å². The molecular formula is C13H14F2O. The van der Waals surface area contributed by atoms with Crippen LogP contribution in [0.2, 0.25) is 0 Å². The summed E-state index contributed by atoms with van der Waals surface area (Å²) in [6, 6.07) is 2.43. The van der Waals surface area contributed by atoms with E-state index in [0.29, 0.717) is 29.6 Å². The normalized spacial score (nSPS) is 36.2. The largest absolute Gasteiger partial charge is 0.378 e. The zero-order valence-electron chi connectivity index (χ0n) is 9.34. The van der Waals surface area contributed by atoms with Crippen LogP contribution in [0.25, 0.3) is 0 Å². The summed E-state index contributed by atoms with van der Waals surface area (Å²) < 4.78 is 32.6. The number of hydrogen-bond donors (Lipinski definition) is 0. The Bertz CT molecular complexity index is 444. The third kappa shape index (κ3) is 1.24. The first-order chi connectivity index (χ1) is 7.61. The minimum absolute atomic E-state index is 0.166. The van der Waals surface area contributed by atoms with E-state index < -0.39 is 0 Å². The van der Waals surface area contributed by atoms with Gasteiger partial charge in [0.2, 0.25) is 0 Å². The van der Waals surface area contributed by atoms with Crippen molar-refractivity contribution in [2.45, 2.75) is 25.9 Å². The maximum atomic E-state index is 13.7. The molecule has 1 aromatic carbocycles. The molecule has 0 bridgehead atoms. The molecule has 1 nitrogen and oxygen atoms in total. The molecule has 1 heterocycles. The number of rotatable bonds is 1. The van der Waals surface area contributed by atoms with Gasteiger partial charge in [0.1, 0.15) is 11.6 Å². The van der Waals surface area contributed by atoms with E-state index in [1.54, 1.807) is 6.92 Å². The molecule has 1 saturated heterocycles. The van der Waals surface area contributed by atoms with Crippen LogP contribution >= 0.6 is 0 Å². The van der Waals surface area contributed by atoms with Gasteiger partial charge in [0, 0.05) is 0 Å². The molecule has 0 amide bonds.